The number of ether oxygens (including phenoxy) is 2. The Balaban J connectivity index is 1.47. The Morgan fingerprint density at radius 3 is 2.46 bits per heavy atom. The maximum absolute atomic E-state index is 11.7. The number of nitrogens with zero attached hydrogens (tertiary/aromatic N) is 2. The van der Waals surface area contributed by atoms with E-state index in [0.29, 0.717) is 13.1 Å². The zero-order chi connectivity index (χ0) is 24.6. The molecule has 1 aliphatic heterocycles. The van der Waals surface area contributed by atoms with Gasteiger partial charge in [-0.25, -0.2) is 9.78 Å². The molecule has 0 bridgehead atoms. The van der Waals surface area contributed by atoms with E-state index in [9.17, 15) is 9.90 Å². The first kappa shape index (κ1) is 25.2. The number of rotatable bonds is 9. The van der Waals surface area contributed by atoms with E-state index in [1.165, 1.54) is 0 Å². The third-order valence-corrected chi connectivity index (χ3v) is 7.02. The van der Waals surface area contributed by atoms with Gasteiger partial charge in [0, 0.05) is 50.3 Å². The van der Waals surface area contributed by atoms with Gasteiger partial charge in [-0.3, -0.25) is 0 Å². The van der Waals surface area contributed by atoms with Crippen molar-refractivity contribution in [1.29, 1.82) is 0 Å². The molecular weight excluding hydrogens is 464 g/mol. The first-order valence-electron chi connectivity index (χ1n) is 11.8. The Labute approximate surface area is 210 Å². The van der Waals surface area contributed by atoms with Crippen molar-refractivity contribution in [3.63, 3.8) is 0 Å². The average Bonchev–Trinajstić information content (AvgIpc) is 3.31. The third kappa shape index (κ3) is 6.85. The van der Waals surface area contributed by atoms with E-state index in [2.05, 4.69) is 15.6 Å². The van der Waals surface area contributed by atoms with Gasteiger partial charge in [0.2, 0.25) is 0 Å². The van der Waals surface area contributed by atoms with E-state index in [1.54, 1.807) is 18.0 Å². The molecule has 0 aliphatic carbocycles. The number of thioether (sulfide) groups is 1. The zero-order valence-corrected chi connectivity index (χ0v) is 20.8. The molecule has 0 unspecified atom stereocenters. The number of urea groups is 1. The Kier molecular flexibility index (Phi) is 8.81. The molecule has 2 heterocycles. The van der Waals surface area contributed by atoms with Crippen LogP contribution in [0.3, 0.4) is 0 Å². The van der Waals surface area contributed by atoms with Crippen molar-refractivity contribution in [2.24, 2.45) is 7.05 Å². The van der Waals surface area contributed by atoms with Crippen LogP contribution in [0.4, 0.5) is 4.79 Å². The fourth-order valence-corrected chi connectivity index (χ4v) is 4.83. The summed E-state index contributed by atoms with van der Waals surface area (Å²) < 4.78 is 14.8. The minimum absolute atomic E-state index is 0.0157. The molecule has 1 saturated heterocycles. The third-order valence-electron chi connectivity index (χ3n) is 5.83. The molecule has 1 fully saturated rings. The minimum Gasteiger partial charge on any atom is -0.392 e. The van der Waals surface area contributed by atoms with E-state index in [1.807, 2.05) is 73.3 Å². The lowest BCUT2D eigenvalue weighted by Gasteiger charge is -2.36. The van der Waals surface area contributed by atoms with E-state index in [0.717, 1.165) is 39.6 Å². The molecule has 186 valence electrons. The fourth-order valence-electron chi connectivity index (χ4n) is 3.88. The van der Waals surface area contributed by atoms with Crippen molar-refractivity contribution >= 4 is 17.8 Å². The Hall–Kier alpha value is -2.85. The molecule has 0 saturated carbocycles. The molecule has 1 aliphatic rings. The van der Waals surface area contributed by atoms with Crippen LogP contribution >= 0.6 is 11.8 Å². The number of carbonyl (C=O) groups excluding carboxylic acids is 1. The topological polar surface area (TPSA) is 97.6 Å². The second-order valence-electron chi connectivity index (χ2n) is 8.44. The summed E-state index contributed by atoms with van der Waals surface area (Å²) in [4.78, 5) is 16.1. The molecule has 3 N–H and O–H groups in total. The monoisotopic (exact) mass is 496 g/mol. The number of aryl methyl sites for hydroxylation is 1. The van der Waals surface area contributed by atoms with Gasteiger partial charge in [-0.2, -0.15) is 0 Å². The van der Waals surface area contributed by atoms with Crippen LogP contribution in [0.2, 0.25) is 0 Å². The molecule has 3 aromatic rings. The van der Waals surface area contributed by atoms with E-state index in [-0.39, 0.29) is 24.8 Å². The quantitative estimate of drug-likeness (QED) is 0.387. The molecule has 3 atom stereocenters. The predicted octanol–water partition coefficient (Wildman–Crippen LogP) is 4.07. The van der Waals surface area contributed by atoms with Gasteiger partial charge in [0.1, 0.15) is 0 Å². The summed E-state index contributed by atoms with van der Waals surface area (Å²) >= 11 is 1.67. The number of hydrogen-bond acceptors (Lipinski definition) is 6. The summed E-state index contributed by atoms with van der Waals surface area (Å²) in [6.07, 6.45) is 3.78. The summed E-state index contributed by atoms with van der Waals surface area (Å²) in [5.74, 6) is 0.754. The van der Waals surface area contributed by atoms with Crippen molar-refractivity contribution in [2.75, 3.05) is 12.3 Å². The van der Waals surface area contributed by atoms with Crippen molar-refractivity contribution in [2.45, 2.75) is 50.2 Å². The Bertz CT molecular complexity index is 1090. The number of imidazole rings is 1. The van der Waals surface area contributed by atoms with Crippen LogP contribution < -0.4 is 10.6 Å². The van der Waals surface area contributed by atoms with Crippen LogP contribution in [0.25, 0.3) is 0 Å². The van der Waals surface area contributed by atoms with Gasteiger partial charge in [0.15, 0.2) is 11.4 Å². The molecule has 2 amide bonds. The number of carbonyl (C=O) groups is 1. The molecule has 9 heteroatoms. The van der Waals surface area contributed by atoms with Gasteiger partial charge in [0.05, 0.1) is 18.8 Å². The smallest absolute Gasteiger partial charge is 0.315 e. The van der Waals surface area contributed by atoms with Gasteiger partial charge in [-0.1, -0.05) is 60.3 Å². The van der Waals surface area contributed by atoms with E-state index < -0.39 is 6.29 Å². The highest BCUT2D eigenvalue weighted by Crippen LogP contribution is 2.39. The predicted molar refractivity (Wildman–Crippen MR) is 135 cm³/mol. The number of aliphatic hydroxyl groups is 1. The second-order valence-corrected chi connectivity index (χ2v) is 9.42. The number of amides is 2. The van der Waals surface area contributed by atoms with E-state index >= 15 is 0 Å². The maximum atomic E-state index is 11.7. The van der Waals surface area contributed by atoms with Crippen molar-refractivity contribution in [3.8, 4) is 0 Å². The summed E-state index contributed by atoms with van der Waals surface area (Å²) in [5, 5.41) is 15.9. The van der Waals surface area contributed by atoms with Gasteiger partial charge in [-0.15, -0.1) is 0 Å². The standard InChI is InChI=1S/C26H32N4O4S/c1-3-27-25(32)29-15-18-4-10-21(11-5-18)24-33-22(17-35-26-28-12-13-30(26)2)14-23(34-24)20-8-6-19(16-31)7-9-20/h4-13,22-24,31H,3,14-17H2,1-2H3,(H2,27,29,32)/t22-,23+,24+/m0/s1. The van der Waals surface area contributed by atoms with Gasteiger partial charge >= 0.3 is 6.03 Å². The molecular formula is C26H32N4O4S. The highest BCUT2D eigenvalue weighted by molar-refractivity contribution is 7.99. The minimum atomic E-state index is -0.511. The number of aromatic nitrogens is 2. The Morgan fingerprint density at radius 1 is 1.09 bits per heavy atom. The SMILES string of the molecule is CCNC(=O)NCc1ccc([C@@H]2O[C@H](CSc3nccn3C)C[C@H](c3ccc(CO)cc3)O2)cc1. The van der Waals surface area contributed by atoms with Crippen molar-refractivity contribution in [1.82, 2.24) is 20.2 Å². The fraction of sp³-hybridized carbons (Fsp3) is 0.385. The van der Waals surface area contributed by atoms with Crippen molar-refractivity contribution < 1.29 is 19.4 Å². The first-order chi connectivity index (χ1) is 17.1. The summed E-state index contributed by atoms with van der Waals surface area (Å²) in [6, 6.07) is 15.6. The highest BCUT2D eigenvalue weighted by Gasteiger charge is 2.32. The normalized spacial score (nSPS) is 19.9. The summed E-state index contributed by atoms with van der Waals surface area (Å²) in [5.41, 5.74) is 3.85. The number of aliphatic hydroxyl groups excluding tert-OH is 1. The average molecular weight is 497 g/mol. The van der Waals surface area contributed by atoms with Crippen LogP contribution in [0.1, 0.15) is 48.0 Å². The first-order valence-corrected chi connectivity index (χ1v) is 12.8. The molecule has 35 heavy (non-hydrogen) atoms. The van der Waals surface area contributed by atoms with Gasteiger partial charge in [-0.05, 0) is 23.6 Å². The van der Waals surface area contributed by atoms with Gasteiger partial charge in [0.25, 0.3) is 0 Å². The molecule has 4 rings (SSSR count). The maximum Gasteiger partial charge on any atom is 0.315 e. The number of hydrogen-bond donors (Lipinski definition) is 3. The van der Waals surface area contributed by atoms with Crippen LogP contribution in [0.5, 0.6) is 0 Å². The number of benzene rings is 2. The molecule has 1 aromatic heterocycles. The lowest BCUT2D eigenvalue weighted by molar-refractivity contribution is -0.245. The van der Waals surface area contributed by atoms with Crippen LogP contribution in [0.15, 0.2) is 66.1 Å². The van der Waals surface area contributed by atoms with Crippen LogP contribution in [-0.4, -0.2) is 39.1 Å². The van der Waals surface area contributed by atoms with Crippen LogP contribution in [0, 0.1) is 0 Å². The zero-order valence-electron chi connectivity index (χ0n) is 20.0. The summed E-state index contributed by atoms with van der Waals surface area (Å²) in [6.45, 7) is 2.93. The molecule has 2 aromatic carbocycles. The number of nitrogens with one attached hydrogen (secondary N) is 2. The summed E-state index contributed by atoms with van der Waals surface area (Å²) in [7, 11) is 1.98. The second kappa shape index (κ2) is 12.2. The molecule has 0 radical (unpaired) electrons. The molecule has 0 spiro atoms. The van der Waals surface area contributed by atoms with Crippen LogP contribution in [-0.2, 0) is 29.7 Å². The Morgan fingerprint density at radius 2 is 1.80 bits per heavy atom. The largest absolute Gasteiger partial charge is 0.392 e. The lowest BCUT2D eigenvalue weighted by Crippen LogP contribution is -2.34. The van der Waals surface area contributed by atoms with Crippen molar-refractivity contribution in [3.05, 3.63) is 83.2 Å². The lowest BCUT2D eigenvalue weighted by atomic mass is 10.0. The van der Waals surface area contributed by atoms with E-state index in [4.69, 9.17) is 9.47 Å². The molecule has 8 nitrogen and oxygen atoms in total. The van der Waals surface area contributed by atoms with Gasteiger partial charge < -0.3 is 29.8 Å². The highest BCUT2D eigenvalue weighted by atomic mass is 32.2.